The second-order valence-electron chi connectivity index (χ2n) is 21.0. The fourth-order valence-electron chi connectivity index (χ4n) is 10.6. The maximum Gasteiger partial charge on any atom is 0.343 e. The third-order valence-electron chi connectivity index (χ3n) is 15.0. The molecule has 4 aromatic heterocycles. The van der Waals surface area contributed by atoms with E-state index in [1.165, 1.54) is 0 Å². The molecule has 2 aliphatic rings. The van der Waals surface area contributed by atoms with E-state index >= 15 is 0 Å². The van der Waals surface area contributed by atoms with Crippen LogP contribution < -0.4 is 49.5 Å². The molecule has 8 aromatic carbocycles. The minimum atomic E-state index is -0.487. The van der Waals surface area contributed by atoms with Gasteiger partial charge in [-0.25, -0.2) is 19.2 Å². The molecule has 2 N–H and O–H groups in total. The summed E-state index contributed by atoms with van der Waals surface area (Å²) in [5, 5.41) is 6.44. The molecule has 0 amide bonds. The van der Waals surface area contributed by atoms with Gasteiger partial charge in [0.25, 0.3) is 0 Å². The van der Waals surface area contributed by atoms with Gasteiger partial charge in [0, 0.05) is 215 Å². The summed E-state index contributed by atoms with van der Waals surface area (Å²) in [6.45, 7) is 4.56. The Morgan fingerprint density at radius 2 is 0.429 bits per heavy atom. The summed E-state index contributed by atoms with van der Waals surface area (Å²) in [6.07, 6.45) is 0. The van der Waals surface area contributed by atoms with Gasteiger partial charge < -0.3 is 49.5 Å². The Hall–Kier alpha value is -11.2. The van der Waals surface area contributed by atoms with Crippen LogP contribution in [0.1, 0.15) is 109 Å². The zero-order chi connectivity index (χ0) is 61.2. The quantitative estimate of drug-likeness (QED) is 0.0509. The van der Waals surface area contributed by atoms with Crippen molar-refractivity contribution < 1.29 is 57.6 Å². The first-order valence-electron chi connectivity index (χ1n) is 29.2. The van der Waals surface area contributed by atoms with Crippen molar-refractivity contribution in [1.29, 1.82) is 0 Å². The number of carbonyl (C=O) groups excluding carboxylic acids is 4. The number of hydrogen-bond acceptors (Lipinski definition) is 10. The number of piperazine rings is 1. The van der Waals surface area contributed by atoms with Gasteiger partial charge in [0.05, 0.1) is 44.5 Å². The van der Waals surface area contributed by atoms with E-state index in [0.717, 1.165) is 48.4 Å². The minimum absolute atomic E-state index is 0. The molecule has 14 rings (SSSR count). The molecular weight excluding hydrogens is 1190 g/mol. The van der Waals surface area contributed by atoms with E-state index in [1.54, 1.807) is 146 Å². The molecule has 2 aliphatic heterocycles. The summed E-state index contributed by atoms with van der Waals surface area (Å²) in [5.74, 6) is 2.21. The van der Waals surface area contributed by atoms with Gasteiger partial charge in [-0.3, -0.25) is 0 Å². The van der Waals surface area contributed by atoms with Crippen LogP contribution in [0.3, 0.4) is 0 Å². The van der Waals surface area contributed by atoms with Crippen molar-refractivity contribution in [2.75, 3.05) is 26.2 Å². The van der Waals surface area contributed by atoms with Crippen molar-refractivity contribution in [2.45, 2.75) is 0 Å². The molecule has 0 radical (unpaired) electrons. The van der Waals surface area contributed by atoms with Crippen LogP contribution in [0.4, 0.5) is 0 Å². The van der Waals surface area contributed by atoms with E-state index in [9.17, 15) is 19.2 Å². The number of aromatic nitrogens is 4. The SMILES string of the molecule is C1CNCCN1.O=C(Oc1ccc([C+]2c3ccc([n-]3)[C+](c3ccc(OC(=O)c4ccccc4)cc3)c3ccc([n-]3)[C+](c3ccc(OC(=O)c4ccccc4)cc3)c3ccc([n-]3)[C+](c3ccc(OC(=O)c4ccccc4)cc3)c3ccc2[n-]3)cc1)c1ccccc1.[Zn]. The predicted molar refractivity (Wildman–Crippen MR) is 338 cm³/mol. The molecule has 0 unspecified atom stereocenters. The molecule has 1 fully saturated rings. The topological polar surface area (TPSA) is 186 Å². The number of rotatable bonds is 12. The largest absolute Gasteiger partial charge is 0.628 e. The smallest absolute Gasteiger partial charge is 0.343 e. The molecule has 91 heavy (non-hydrogen) atoms. The maximum atomic E-state index is 13.2. The molecule has 0 atom stereocenters. The average molecular weight is 1240 g/mol. The Morgan fingerprint density at radius 3 is 0.593 bits per heavy atom. The van der Waals surface area contributed by atoms with Crippen molar-refractivity contribution in [3.05, 3.63) is 381 Å². The van der Waals surface area contributed by atoms with E-state index in [2.05, 4.69) is 10.6 Å². The molecule has 12 aromatic rings. The predicted octanol–water partition coefficient (Wildman–Crippen LogP) is 12.0. The number of ether oxygens (including phenoxy) is 4. The van der Waals surface area contributed by atoms with Crippen LogP contribution in [0.5, 0.6) is 23.0 Å². The van der Waals surface area contributed by atoms with Crippen molar-refractivity contribution in [1.82, 2.24) is 30.6 Å². The zero-order valence-corrected chi connectivity index (χ0v) is 52.0. The van der Waals surface area contributed by atoms with Gasteiger partial charge in [-0.05, 0) is 94.1 Å². The van der Waals surface area contributed by atoms with E-state index in [1.807, 2.05) is 121 Å². The van der Waals surface area contributed by atoms with Gasteiger partial charge in [0.2, 0.25) is 0 Å². The van der Waals surface area contributed by atoms with Crippen molar-refractivity contribution in [3.8, 4) is 23.0 Å². The molecule has 6 heterocycles. The molecule has 14 nitrogen and oxygen atoms in total. The maximum absolute atomic E-state index is 13.2. The Morgan fingerprint density at radius 1 is 0.253 bits per heavy atom. The van der Waals surface area contributed by atoms with Crippen LogP contribution in [0.25, 0.3) is 0 Å². The summed E-state index contributed by atoms with van der Waals surface area (Å²) in [6, 6.07) is 79.6. The summed E-state index contributed by atoms with van der Waals surface area (Å²) < 4.78 is 23.2. The van der Waals surface area contributed by atoms with Crippen LogP contribution in [0.2, 0.25) is 0 Å². The monoisotopic (exact) mass is 1240 g/mol. The average Bonchev–Trinajstić information content (AvgIpc) is 1.75. The summed E-state index contributed by atoms with van der Waals surface area (Å²) in [4.78, 5) is 74.2. The fraction of sp³-hybridized carbons (Fsp3) is 0.0526. The first kappa shape index (κ1) is 60.1. The normalized spacial score (nSPS) is 12.6. The van der Waals surface area contributed by atoms with E-state index in [4.69, 9.17) is 38.9 Å². The molecule has 438 valence electrons. The molecule has 8 bridgehead atoms. The number of carbonyl (C=O) groups is 4. The molecule has 0 aliphatic carbocycles. The van der Waals surface area contributed by atoms with Gasteiger partial charge in [0.15, 0.2) is 0 Å². The summed E-state index contributed by atoms with van der Waals surface area (Å²) in [7, 11) is 0. The third-order valence-corrected chi connectivity index (χ3v) is 15.0. The minimum Gasteiger partial charge on any atom is -0.628 e. The van der Waals surface area contributed by atoms with Crippen molar-refractivity contribution in [2.24, 2.45) is 0 Å². The fourth-order valence-corrected chi connectivity index (χ4v) is 10.6. The second kappa shape index (κ2) is 27.9. The molecule has 0 spiro atoms. The van der Waals surface area contributed by atoms with E-state index < -0.39 is 23.9 Å². The Kier molecular flexibility index (Phi) is 18.4. The Balaban J connectivity index is 0.00000108. The number of fused-ring (bicyclic) bond motifs is 8. The molecule has 15 heteroatoms. The second-order valence-corrected chi connectivity index (χ2v) is 21.0. The van der Waals surface area contributed by atoms with Crippen LogP contribution >= 0.6 is 0 Å². The summed E-state index contributed by atoms with van der Waals surface area (Å²) in [5.41, 5.74) is 9.38. The standard InChI is InChI=1S/C72H44N4O8.C4H10N2.Zn/c77-69(49-13-5-1-6-14-49)81-53-29-21-45(22-30-53)65-57-37-39-59(73-57)66(46-23-31-54(32-24-46)82-70(78)50-15-7-2-8-16-50)61-41-43-63(75-61)68(48-27-35-56(36-28-48)84-72(80)52-19-11-4-12-20-52)64-44-42-62(76-64)67(60-40-38-58(65)74-60)47-25-33-55(34-26-47)83-71(79)51-17-9-3-10-18-51;1-2-6-4-3-5-1;/h1-44H;5-6H,1-4H2;. The van der Waals surface area contributed by atoms with Gasteiger partial charge in [0.1, 0.15) is 23.0 Å². The summed E-state index contributed by atoms with van der Waals surface area (Å²) >= 11 is 0. The number of esters is 4. The Labute approximate surface area is 538 Å². The van der Waals surface area contributed by atoms with Gasteiger partial charge >= 0.3 is 23.9 Å². The first-order valence-corrected chi connectivity index (χ1v) is 29.2. The van der Waals surface area contributed by atoms with Gasteiger partial charge in [-0.1, -0.05) is 72.8 Å². The molecule has 1 saturated heterocycles. The van der Waals surface area contributed by atoms with Gasteiger partial charge in [-0.2, -0.15) is 0 Å². The number of benzene rings is 8. The van der Waals surface area contributed by atoms with Crippen LogP contribution in [0.15, 0.2) is 267 Å². The zero-order valence-electron chi connectivity index (χ0n) is 49.0. The van der Waals surface area contributed by atoms with Crippen molar-refractivity contribution in [3.63, 3.8) is 0 Å². The van der Waals surface area contributed by atoms with Crippen LogP contribution in [-0.2, 0) is 19.5 Å². The van der Waals surface area contributed by atoms with Crippen molar-refractivity contribution >= 4 is 23.9 Å². The van der Waals surface area contributed by atoms with Crippen LogP contribution in [-0.4, -0.2) is 50.1 Å². The number of hydrogen-bond donors (Lipinski definition) is 2. The molecular formula is C76H54N6O8Zn. The van der Waals surface area contributed by atoms with Gasteiger partial charge in [-0.15, -0.1) is 0 Å². The number of nitrogens with one attached hydrogen (secondary N) is 2. The first-order chi connectivity index (χ1) is 44.2. The van der Waals surface area contributed by atoms with E-state index in [0.29, 0.717) is 114 Å². The number of nitrogens with zero attached hydrogens (tertiary/aromatic N) is 4. The van der Waals surface area contributed by atoms with E-state index in [-0.39, 0.29) is 19.5 Å². The van der Waals surface area contributed by atoms with Crippen LogP contribution in [0, 0.1) is 23.7 Å². The Bertz CT molecular complexity index is 3750. The third kappa shape index (κ3) is 13.9. The molecule has 0 saturated carbocycles.